The number of hydrogen-bond donors (Lipinski definition) is 0. The molecule has 0 aliphatic carbocycles. The molecule has 2 heterocycles. The second-order valence-electron chi connectivity index (χ2n) is 6.55. The van der Waals surface area contributed by atoms with Gasteiger partial charge in [-0.1, -0.05) is 6.07 Å². The zero-order chi connectivity index (χ0) is 19.1. The molecule has 0 spiro atoms. The molecule has 0 aromatic heterocycles. The van der Waals surface area contributed by atoms with E-state index in [1.807, 2.05) is 12.1 Å². The Morgan fingerprint density at radius 3 is 2.48 bits per heavy atom. The number of hydrogen-bond acceptors (Lipinski definition) is 6. The Bertz CT molecular complexity index is 885. The first-order chi connectivity index (χ1) is 13.1. The standard InChI is InChI=1S/C20H22BrNO5/c1-22-8-7-12-15(18(25-4)20-19(16(12)21)26-10-27-20)17(22)11-5-6-13(23-2)14(9-11)24-3/h5-6,9,17H,7-8,10H2,1-4H3. The number of nitrogens with zero attached hydrogens (tertiary/aromatic N) is 1. The summed E-state index contributed by atoms with van der Waals surface area (Å²) in [6, 6.07) is 6.02. The molecule has 4 rings (SSSR count). The number of likely N-dealkylation sites (N-methyl/N-ethyl adjacent to an activating group) is 1. The summed E-state index contributed by atoms with van der Waals surface area (Å²) in [5.74, 6) is 3.52. The number of ether oxygens (including phenoxy) is 5. The molecular weight excluding hydrogens is 414 g/mol. The summed E-state index contributed by atoms with van der Waals surface area (Å²) in [6.45, 7) is 1.11. The van der Waals surface area contributed by atoms with E-state index in [0.29, 0.717) is 17.2 Å². The minimum atomic E-state index is -0.00527. The van der Waals surface area contributed by atoms with E-state index in [-0.39, 0.29) is 12.8 Å². The van der Waals surface area contributed by atoms with Crippen molar-refractivity contribution in [2.45, 2.75) is 12.5 Å². The fourth-order valence-electron chi connectivity index (χ4n) is 3.94. The first-order valence-corrected chi connectivity index (χ1v) is 9.50. The maximum Gasteiger partial charge on any atom is 0.231 e. The first-order valence-electron chi connectivity index (χ1n) is 8.70. The predicted octanol–water partition coefficient (Wildman–Crippen LogP) is 3.78. The van der Waals surface area contributed by atoms with E-state index in [0.717, 1.165) is 40.1 Å². The quantitative estimate of drug-likeness (QED) is 0.728. The van der Waals surface area contributed by atoms with Crippen molar-refractivity contribution >= 4 is 15.9 Å². The van der Waals surface area contributed by atoms with Gasteiger partial charge in [0.05, 0.1) is 31.8 Å². The zero-order valence-corrected chi connectivity index (χ0v) is 17.4. The van der Waals surface area contributed by atoms with Gasteiger partial charge < -0.3 is 23.7 Å². The Hall–Kier alpha value is -2.12. The monoisotopic (exact) mass is 435 g/mol. The van der Waals surface area contributed by atoms with Gasteiger partial charge in [0.15, 0.2) is 23.0 Å². The molecule has 1 atom stereocenters. The lowest BCUT2D eigenvalue weighted by Gasteiger charge is -2.37. The number of benzene rings is 2. The Morgan fingerprint density at radius 2 is 1.78 bits per heavy atom. The third-order valence-corrected chi connectivity index (χ3v) is 6.05. The predicted molar refractivity (Wildman–Crippen MR) is 105 cm³/mol. The third kappa shape index (κ3) is 2.80. The summed E-state index contributed by atoms with van der Waals surface area (Å²) in [5.41, 5.74) is 3.38. The molecular formula is C20H22BrNO5. The molecule has 0 saturated carbocycles. The molecule has 0 radical (unpaired) electrons. The van der Waals surface area contributed by atoms with Crippen molar-refractivity contribution < 1.29 is 23.7 Å². The normalized spacial score (nSPS) is 18.2. The van der Waals surface area contributed by atoms with Crippen molar-refractivity contribution in [3.63, 3.8) is 0 Å². The lowest BCUT2D eigenvalue weighted by molar-refractivity contribution is 0.170. The lowest BCUT2D eigenvalue weighted by Crippen LogP contribution is -2.33. The highest BCUT2D eigenvalue weighted by molar-refractivity contribution is 9.10. The lowest BCUT2D eigenvalue weighted by atomic mass is 9.87. The number of methoxy groups -OCH3 is 3. The van der Waals surface area contributed by atoms with Crippen LogP contribution in [-0.2, 0) is 6.42 Å². The van der Waals surface area contributed by atoms with Gasteiger partial charge in [0, 0.05) is 12.1 Å². The third-order valence-electron chi connectivity index (χ3n) is 5.21. The highest BCUT2D eigenvalue weighted by atomic mass is 79.9. The summed E-state index contributed by atoms with van der Waals surface area (Å²) < 4.78 is 29.1. The number of halogens is 1. The van der Waals surface area contributed by atoms with E-state index in [2.05, 4.69) is 33.9 Å². The summed E-state index contributed by atoms with van der Waals surface area (Å²) in [4.78, 5) is 2.31. The average Bonchev–Trinajstić information content (AvgIpc) is 3.18. The summed E-state index contributed by atoms with van der Waals surface area (Å²) in [7, 11) is 7.07. The molecule has 0 saturated heterocycles. The molecule has 144 valence electrons. The van der Waals surface area contributed by atoms with Gasteiger partial charge >= 0.3 is 0 Å². The van der Waals surface area contributed by atoms with Crippen LogP contribution >= 0.6 is 15.9 Å². The number of fused-ring (bicyclic) bond motifs is 2. The summed E-state index contributed by atoms with van der Waals surface area (Å²) >= 11 is 3.73. The van der Waals surface area contributed by atoms with Gasteiger partial charge in [-0.2, -0.15) is 0 Å². The molecule has 1 unspecified atom stereocenters. The van der Waals surface area contributed by atoms with Gasteiger partial charge in [0.1, 0.15) is 0 Å². The van der Waals surface area contributed by atoms with Crippen LogP contribution in [0.5, 0.6) is 28.7 Å². The van der Waals surface area contributed by atoms with Crippen LogP contribution in [0.3, 0.4) is 0 Å². The van der Waals surface area contributed by atoms with Crippen LogP contribution in [-0.4, -0.2) is 46.6 Å². The van der Waals surface area contributed by atoms with Gasteiger partial charge in [0.25, 0.3) is 0 Å². The van der Waals surface area contributed by atoms with Crippen LogP contribution in [0.2, 0.25) is 0 Å². The minimum Gasteiger partial charge on any atom is -0.493 e. The maximum absolute atomic E-state index is 5.80. The van der Waals surface area contributed by atoms with E-state index in [4.69, 9.17) is 23.7 Å². The van der Waals surface area contributed by atoms with Crippen molar-refractivity contribution in [2.24, 2.45) is 0 Å². The van der Waals surface area contributed by atoms with Crippen molar-refractivity contribution in [2.75, 3.05) is 41.7 Å². The van der Waals surface area contributed by atoms with Crippen LogP contribution in [0, 0.1) is 0 Å². The maximum atomic E-state index is 5.80. The van der Waals surface area contributed by atoms with Crippen molar-refractivity contribution in [3.05, 3.63) is 39.4 Å². The molecule has 2 aromatic rings. The average molecular weight is 436 g/mol. The Labute approximate surface area is 167 Å². The minimum absolute atomic E-state index is 0.00527. The Morgan fingerprint density at radius 1 is 1.04 bits per heavy atom. The largest absolute Gasteiger partial charge is 0.493 e. The fraction of sp³-hybridized carbons (Fsp3) is 0.400. The molecule has 0 fully saturated rings. The van der Waals surface area contributed by atoms with Crippen LogP contribution in [0.15, 0.2) is 22.7 Å². The molecule has 6 nitrogen and oxygen atoms in total. The van der Waals surface area contributed by atoms with E-state index in [9.17, 15) is 0 Å². The van der Waals surface area contributed by atoms with Crippen LogP contribution in [0.1, 0.15) is 22.7 Å². The van der Waals surface area contributed by atoms with Crippen molar-refractivity contribution in [1.29, 1.82) is 0 Å². The zero-order valence-electron chi connectivity index (χ0n) is 15.8. The van der Waals surface area contributed by atoms with Gasteiger partial charge in [0.2, 0.25) is 12.5 Å². The van der Waals surface area contributed by atoms with Gasteiger partial charge in [-0.05, 0) is 52.7 Å². The van der Waals surface area contributed by atoms with E-state index >= 15 is 0 Å². The SMILES string of the molecule is COc1ccc(C2c3c(c(Br)c4c(c3OC)OCO4)CCN2C)cc1OC. The second kappa shape index (κ2) is 7.13. The van der Waals surface area contributed by atoms with Crippen LogP contribution in [0.4, 0.5) is 0 Å². The van der Waals surface area contributed by atoms with Gasteiger partial charge in [-0.15, -0.1) is 0 Å². The molecule has 7 heteroatoms. The van der Waals surface area contributed by atoms with E-state index in [1.54, 1.807) is 21.3 Å². The van der Waals surface area contributed by atoms with Gasteiger partial charge in [-0.25, -0.2) is 0 Å². The molecule has 27 heavy (non-hydrogen) atoms. The van der Waals surface area contributed by atoms with Crippen molar-refractivity contribution in [1.82, 2.24) is 4.90 Å². The number of rotatable bonds is 4. The molecule has 0 N–H and O–H groups in total. The fourth-order valence-corrected chi connectivity index (χ4v) is 4.65. The highest BCUT2D eigenvalue weighted by Gasteiger charge is 2.37. The van der Waals surface area contributed by atoms with E-state index in [1.165, 1.54) is 5.56 Å². The summed E-state index contributed by atoms with van der Waals surface area (Å²) in [6.07, 6.45) is 0.892. The molecule has 0 bridgehead atoms. The molecule has 2 aromatic carbocycles. The van der Waals surface area contributed by atoms with Crippen molar-refractivity contribution in [3.8, 4) is 28.7 Å². The van der Waals surface area contributed by atoms with Gasteiger partial charge in [-0.3, -0.25) is 4.90 Å². The highest BCUT2D eigenvalue weighted by Crippen LogP contribution is 2.55. The topological polar surface area (TPSA) is 49.4 Å². The van der Waals surface area contributed by atoms with E-state index < -0.39 is 0 Å². The van der Waals surface area contributed by atoms with Crippen LogP contribution < -0.4 is 23.7 Å². The molecule has 2 aliphatic heterocycles. The Kier molecular flexibility index (Phi) is 4.82. The second-order valence-corrected chi connectivity index (χ2v) is 7.34. The molecule has 2 aliphatic rings. The molecule has 0 amide bonds. The summed E-state index contributed by atoms with van der Waals surface area (Å²) in [5, 5.41) is 0. The Balaban J connectivity index is 1.93. The van der Waals surface area contributed by atoms with Crippen LogP contribution in [0.25, 0.3) is 0 Å². The first kappa shape index (κ1) is 18.3. The smallest absolute Gasteiger partial charge is 0.231 e.